The van der Waals surface area contributed by atoms with Crippen LogP contribution >= 0.6 is 0 Å². The Balaban J connectivity index is 1.51. The molecule has 28 heavy (non-hydrogen) atoms. The largest absolute Gasteiger partial charge is 0.486 e. The first-order valence-electron chi connectivity index (χ1n) is 9.33. The number of fused-ring (bicyclic) bond motifs is 1. The van der Waals surface area contributed by atoms with Gasteiger partial charge in [0, 0.05) is 0 Å². The first kappa shape index (κ1) is 18.0. The van der Waals surface area contributed by atoms with Gasteiger partial charge in [0.2, 0.25) is 5.91 Å². The van der Waals surface area contributed by atoms with Crippen LogP contribution in [0.1, 0.15) is 23.6 Å². The van der Waals surface area contributed by atoms with Crippen LogP contribution in [0.2, 0.25) is 0 Å². The summed E-state index contributed by atoms with van der Waals surface area (Å²) in [4.78, 5) is 16.4. The Hall–Kier alpha value is -3.35. The Morgan fingerprint density at radius 2 is 1.93 bits per heavy atom. The van der Waals surface area contributed by atoms with Gasteiger partial charge in [-0.3, -0.25) is 4.79 Å². The quantitative estimate of drug-likeness (QED) is 0.684. The zero-order chi connectivity index (χ0) is 19.2. The van der Waals surface area contributed by atoms with Crippen LogP contribution in [0, 0.1) is 0 Å². The van der Waals surface area contributed by atoms with Crippen molar-refractivity contribution in [3.8, 4) is 11.5 Å². The minimum atomic E-state index is -0.146. The maximum Gasteiger partial charge on any atom is 0.242 e. The Morgan fingerprint density at radius 3 is 2.71 bits per heavy atom. The molecule has 7 nitrogen and oxygen atoms in total. The fourth-order valence-corrected chi connectivity index (χ4v) is 3.26. The molecule has 0 spiro atoms. The van der Waals surface area contributed by atoms with Gasteiger partial charge in [0.25, 0.3) is 0 Å². The van der Waals surface area contributed by atoms with Crippen LogP contribution in [-0.4, -0.2) is 33.9 Å². The number of benzene rings is 2. The molecule has 2 aromatic carbocycles. The fourth-order valence-electron chi connectivity index (χ4n) is 3.26. The van der Waals surface area contributed by atoms with Crippen molar-refractivity contribution in [2.45, 2.75) is 25.4 Å². The van der Waals surface area contributed by atoms with Crippen LogP contribution < -0.4 is 14.8 Å². The SMILES string of the molecule is O=C(Cn1cncn1)N[C@H](CCc1ccccc1)c1ccc2c(c1)OCCO2. The molecule has 1 amide bonds. The van der Waals surface area contributed by atoms with Crippen LogP contribution in [-0.2, 0) is 17.8 Å². The highest BCUT2D eigenvalue weighted by atomic mass is 16.6. The standard InChI is InChI=1S/C21H22N4O3/c26-21(13-25-15-22-14-23-25)24-18(8-6-16-4-2-1-3-5-16)17-7-9-19-20(12-17)28-11-10-27-19/h1-5,7,9,12,14-15,18H,6,8,10-11,13H2,(H,24,26)/t18-/m1/s1. The monoisotopic (exact) mass is 378 g/mol. The minimum Gasteiger partial charge on any atom is -0.486 e. The Labute approximate surface area is 163 Å². The lowest BCUT2D eigenvalue weighted by Crippen LogP contribution is -2.32. The summed E-state index contributed by atoms with van der Waals surface area (Å²) in [6, 6.07) is 15.9. The van der Waals surface area contributed by atoms with E-state index in [9.17, 15) is 4.79 Å². The van der Waals surface area contributed by atoms with Crippen molar-refractivity contribution in [1.82, 2.24) is 20.1 Å². The van der Waals surface area contributed by atoms with Gasteiger partial charge in [-0.25, -0.2) is 9.67 Å². The number of amides is 1. The smallest absolute Gasteiger partial charge is 0.242 e. The number of aromatic nitrogens is 3. The number of carbonyl (C=O) groups excluding carboxylic acids is 1. The molecule has 7 heteroatoms. The highest BCUT2D eigenvalue weighted by Crippen LogP contribution is 2.33. The van der Waals surface area contributed by atoms with Gasteiger partial charge in [0.05, 0.1) is 6.04 Å². The van der Waals surface area contributed by atoms with E-state index < -0.39 is 0 Å². The van der Waals surface area contributed by atoms with Crippen molar-refractivity contribution in [1.29, 1.82) is 0 Å². The van der Waals surface area contributed by atoms with Gasteiger partial charge in [0.15, 0.2) is 11.5 Å². The van der Waals surface area contributed by atoms with Crippen molar-refractivity contribution in [3.63, 3.8) is 0 Å². The number of aryl methyl sites for hydroxylation is 1. The molecule has 3 aromatic rings. The van der Waals surface area contributed by atoms with E-state index in [1.807, 2.05) is 36.4 Å². The molecule has 1 aromatic heterocycles. The molecule has 1 N–H and O–H groups in total. The molecule has 2 heterocycles. The molecule has 0 radical (unpaired) electrons. The first-order valence-corrected chi connectivity index (χ1v) is 9.33. The van der Waals surface area contributed by atoms with Crippen molar-refractivity contribution in [3.05, 3.63) is 72.3 Å². The number of nitrogens with one attached hydrogen (secondary N) is 1. The number of rotatable bonds is 7. The second kappa shape index (κ2) is 8.56. The van der Waals surface area contributed by atoms with Crippen LogP contribution in [0.15, 0.2) is 61.2 Å². The molecule has 0 saturated carbocycles. The summed E-state index contributed by atoms with van der Waals surface area (Å²) >= 11 is 0. The minimum absolute atomic E-state index is 0.113. The number of ether oxygens (including phenoxy) is 2. The van der Waals surface area contributed by atoms with E-state index in [1.165, 1.54) is 22.9 Å². The average Bonchev–Trinajstić information content (AvgIpc) is 3.24. The van der Waals surface area contributed by atoms with Gasteiger partial charge in [-0.05, 0) is 36.1 Å². The van der Waals surface area contributed by atoms with E-state index >= 15 is 0 Å². The summed E-state index contributed by atoms with van der Waals surface area (Å²) in [5.41, 5.74) is 2.22. The molecule has 0 fully saturated rings. The van der Waals surface area contributed by atoms with Gasteiger partial charge < -0.3 is 14.8 Å². The van der Waals surface area contributed by atoms with Gasteiger partial charge in [-0.2, -0.15) is 5.10 Å². The van der Waals surface area contributed by atoms with Crippen LogP contribution in [0.5, 0.6) is 11.5 Å². The van der Waals surface area contributed by atoms with E-state index in [1.54, 1.807) is 0 Å². The van der Waals surface area contributed by atoms with Crippen molar-refractivity contribution >= 4 is 5.91 Å². The Kier molecular flexibility index (Phi) is 5.51. The molecule has 0 bridgehead atoms. The maximum atomic E-state index is 12.5. The Bertz CT molecular complexity index is 913. The lowest BCUT2D eigenvalue weighted by atomic mass is 9.98. The van der Waals surface area contributed by atoms with Crippen LogP contribution in [0.4, 0.5) is 0 Å². The highest BCUT2D eigenvalue weighted by Gasteiger charge is 2.19. The highest BCUT2D eigenvalue weighted by molar-refractivity contribution is 5.76. The molecule has 144 valence electrons. The van der Waals surface area contributed by atoms with Crippen LogP contribution in [0.3, 0.4) is 0 Å². The molecule has 0 unspecified atom stereocenters. The van der Waals surface area contributed by atoms with E-state index in [0.29, 0.717) is 13.2 Å². The Morgan fingerprint density at radius 1 is 1.11 bits per heavy atom. The van der Waals surface area contributed by atoms with Gasteiger partial charge in [0.1, 0.15) is 32.4 Å². The third-order valence-electron chi connectivity index (χ3n) is 4.64. The molecule has 1 aliphatic heterocycles. The van der Waals surface area contributed by atoms with E-state index in [0.717, 1.165) is 29.9 Å². The van der Waals surface area contributed by atoms with Crippen LogP contribution in [0.25, 0.3) is 0 Å². The zero-order valence-electron chi connectivity index (χ0n) is 15.5. The number of hydrogen-bond donors (Lipinski definition) is 1. The molecule has 1 aliphatic rings. The summed E-state index contributed by atoms with van der Waals surface area (Å²) < 4.78 is 12.8. The van der Waals surface area contributed by atoms with Crippen molar-refractivity contribution < 1.29 is 14.3 Å². The summed E-state index contributed by atoms with van der Waals surface area (Å²) in [5, 5.41) is 7.12. The molecule has 0 aliphatic carbocycles. The van der Waals surface area contributed by atoms with Gasteiger partial charge in [-0.15, -0.1) is 0 Å². The summed E-state index contributed by atoms with van der Waals surface area (Å²) in [6.45, 7) is 1.22. The van der Waals surface area contributed by atoms with E-state index in [4.69, 9.17) is 9.47 Å². The fraction of sp³-hybridized carbons (Fsp3) is 0.286. The molecular weight excluding hydrogens is 356 g/mol. The van der Waals surface area contributed by atoms with Gasteiger partial charge in [-0.1, -0.05) is 36.4 Å². The lowest BCUT2D eigenvalue weighted by molar-refractivity contribution is -0.122. The second-order valence-corrected chi connectivity index (χ2v) is 6.64. The number of carbonyl (C=O) groups is 1. The topological polar surface area (TPSA) is 78.3 Å². The normalized spacial score (nSPS) is 13.7. The predicted molar refractivity (Wildman–Crippen MR) is 103 cm³/mol. The van der Waals surface area contributed by atoms with E-state index in [-0.39, 0.29) is 18.5 Å². The predicted octanol–water partition coefficient (Wildman–Crippen LogP) is 2.54. The van der Waals surface area contributed by atoms with Crippen molar-refractivity contribution in [2.75, 3.05) is 13.2 Å². The third-order valence-corrected chi connectivity index (χ3v) is 4.64. The number of nitrogens with zero attached hydrogens (tertiary/aromatic N) is 3. The van der Waals surface area contributed by atoms with Crippen molar-refractivity contribution in [2.24, 2.45) is 0 Å². The molecule has 4 rings (SSSR count). The zero-order valence-corrected chi connectivity index (χ0v) is 15.5. The average molecular weight is 378 g/mol. The summed E-state index contributed by atoms with van der Waals surface area (Å²) in [7, 11) is 0. The maximum absolute atomic E-state index is 12.5. The third kappa shape index (κ3) is 4.49. The van der Waals surface area contributed by atoms with Gasteiger partial charge >= 0.3 is 0 Å². The first-order chi connectivity index (χ1) is 13.8. The summed E-state index contributed by atoms with van der Waals surface area (Å²) in [6.07, 6.45) is 4.57. The second-order valence-electron chi connectivity index (χ2n) is 6.64. The number of hydrogen-bond acceptors (Lipinski definition) is 5. The van der Waals surface area contributed by atoms with E-state index in [2.05, 4.69) is 27.5 Å². The lowest BCUT2D eigenvalue weighted by Gasteiger charge is -2.23. The molecule has 0 saturated heterocycles. The molecular formula is C21H22N4O3. The summed E-state index contributed by atoms with van der Waals surface area (Å²) in [5.74, 6) is 1.35. The molecule has 1 atom stereocenters.